The van der Waals surface area contributed by atoms with Crippen molar-refractivity contribution in [1.82, 2.24) is 0 Å². The number of benzene rings is 1. The standard InChI is InChI=1S/C11H12BrFO2/c1-3-15-7(2)11(14)9-6-8(12)4-5-10(9)13/h4-7H,3H2,1-2H3. The van der Waals surface area contributed by atoms with Crippen LogP contribution in [0.25, 0.3) is 0 Å². The van der Waals surface area contributed by atoms with Crippen LogP contribution < -0.4 is 0 Å². The molecule has 0 bridgehead atoms. The number of Topliss-reactive ketones (excluding diaryl/α,β-unsaturated/α-hetero) is 1. The van der Waals surface area contributed by atoms with Crippen LogP contribution in [0.3, 0.4) is 0 Å². The zero-order chi connectivity index (χ0) is 11.4. The van der Waals surface area contributed by atoms with Gasteiger partial charge in [0.25, 0.3) is 0 Å². The first-order chi connectivity index (χ1) is 7.06. The SMILES string of the molecule is CCOC(C)C(=O)c1cc(Br)ccc1F. The fraction of sp³-hybridized carbons (Fsp3) is 0.364. The zero-order valence-corrected chi connectivity index (χ0v) is 10.2. The maximum Gasteiger partial charge on any atom is 0.194 e. The minimum Gasteiger partial charge on any atom is -0.371 e. The van der Waals surface area contributed by atoms with Gasteiger partial charge in [0, 0.05) is 11.1 Å². The first-order valence-electron chi connectivity index (χ1n) is 4.67. The molecule has 0 saturated heterocycles. The molecule has 1 atom stereocenters. The van der Waals surface area contributed by atoms with E-state index < -0.39 is 11.9 Å². The lowest BCUT2D eigenvalue weighted by Crippen LogP contribution is -2.21. The molecule has 1 aromatic rings. The molecule has 1 rings (SSSR count). The molecule has 0 amide bonds. The van der Waals surface area contributed by atoms with Gasteiger partial charge in [-0.1, -0.05) is 15.9 Å². The fourth-order valence-corrected chi connectivity index (χ4v) is 1.59. The van der Waals surface area contributed by atoms with Crippen LogP contribution in [-0.4, -0.2) is 18.5 Å². The number of hydrogen-bond acceptors (Lipinski definition) is 2. The summed E-state index contributed by atoms with van der Waals surface area (Å²) in [5.41, 5.74) is 0.0605. The van der Waals surface area contributed by atoms with Gasteiger partial charge in [0.2, 0.25) is 0 Å². The highest BCUT2D eigenvalue weighted by atomic mass is 79.9. The van der Waals surface area contributed by atoms with Crippen molar-refractivity contribution in [1.29, 1.82) is 0 Å². The van der Waals surface area contributed by atoms with Crippen molar-refractivity contribution in [2.45, 2.75) is 20.0 Å². The molecule has 82 valence electrons. The van der Waals surface area contributed by atoms with Crippen molar-refractivity contribution in [3.8, 4) is 0 Å². The maximum absolute atomic E-state index is 13.3. The fourth-order valence-electron chi connectivity index (χ4n) is 1.23. The van der Waals surface area contributed by atoms with E-state index in [9.17, 15) is 9.18 Å². The summed E-state index contributed by atoms with van der Waals surface area (Å²) < 4.78 is 19.1. The first-order valence-corrected chi connectivity index (χ1v) is 5.46. The third-order valence-corrected chi connectivity index (χ3v) is 2.47. The number of rotatable bonds is 4. The Hall–Kier alpha value is -0.740. The van der Waals surface area contributed by atoms with Crippen molar-refractivity contribution >= 4 is 21.7 Å². The number of carbonyl (C=O) groups is 1. The summed E-state index contributed by atoms with van der Waals surface area (Å²) in [5, 5.41) is 0. The van der Waals surface area contributed by atoms with E-state index >= 15 is 0 Å². The summed E-state index contributed by atoms with van der Waals surface area (Å²) in [6.45, 7) is 3.84. The quantitative estimate of drug-likeness (QED) is 0.789. The molecule has 0 spiro atoms. The molecule has 0 aromatic heterocycles. The predicted molar refractivity (Wildman–Crippen MR) is 59.5 cm³/mol. The van der Waals surface area contributed by atoms with Crippen LogP contribution in [0.15, 0.2) is 22.7 Å². The molecular weight excluding hydrogens is 263 g/mol. The minimum absolute atomic E-state index is 0.0605. The number of halogens is 2. The molecular formula is C11H12BrFO2. The lowest BCUT2D eigenvalue weighted by Gasteiger charge is -2.11. The van der Waals surface area contributed by atoms with Gasteiger partial charge in [0.05, 0.1) is 5.56 Å². The Morgan fingerprint density at radius 1 is 1.60 bits per heavy atom. The average molecular weight is 275 g/mol. The second kappa shape index (κ2) is 5.37. The van der Waals surface area contributed by atoms with E-state index in [1.165, 1.54) is 12.1 Å². The zero-order valence-electron chi connectivity index (χ0n) is 8.59. The summed E-state index contributed by atoms with van der Waals surface area (Å²) in [7, 11) is 0. The topological polar surface area (TPSA) is 26.3 Å². The lowest BCUT2D eigenvalue weighted by atomic mass is 10.1. The molecule has 0 heterocycles. The van der Waals surface area contributed by atoms with Gasteiger partial charge in [-0.3, -0.25) is 4.79 Å². The highest BCUT2D eigenvalue weighted by Crippen LogP contribution is 2.17. The number of hydrogen-bond donors (Lipinski definition) is 0. The molecule has 0 aliphatic carbocycles. The van der Waals surface area contributed by atoms with Crippen molar-refractivity contribution in [2.75, 3.05) is 6.61 Å². The molecule has 0 aliphatic heterocycles. The molecule has 0 fully saturated rings. The van der Waals surface area contributed by atoms with Gasteiger partial charge in [-0.2, -0.15) is 0 Å². The van der Waals surface area contributed by atoms with Gasteiger partial charge in [0.1, 0.15) is 11.9 Å². The van der Waals surface area contributed by atoms with E-state index in [0.29, 0.717) is 11.1 Å². The van der Waals surface area contributed by atoms with Gasteiger partial charge in [-0.25, -0.2) is 4.39 Å². The minimum atomic E-state index is -0.612. The van der Waals surface area contributed by atoms with Gasteiger partial charge in [-0.15, -0.1) is 0 Å². The first kappa shape index (κ1) is 12.3. The van der Waals surface area contributed by atoms with Gasteiger partial charge in [0.15, 0.2) is 5.78 Å². The highest BCUT2D eigenvalue weighted by Gasteiger charge is 2.18. The number of ketones is 1. The summed E-state index contributed by atoms with van der Waals surface area (Å²) >= 11 is 3.19. The molecule has 1 aromatic carbocycles. The van der Waals surface area contributed by atoms with E-state index in [1.807, 2.05) is 0 Å². The normalized spacial score (nSPS) is 12.5. The number of ether oxygens (including phenoxy) is 1. The van der Waals surface area contributed by atoms with E-state index in [0.717, 1.165) is 0 Å². The highest BCUT2D eigenvalue weighted by molar-refractivity contribution is 9.10. The Labute approximate surface area is 96.6 Å². The van der Waals surface area contributed by atoms with Crippen LogP contribution in [0.1, 0.15) is 24.2 Å². The van der Waals surface area contributed by atoms with Crippen LogP contribution in [0.5, 0.6) is 0 Å². The van der Waals surface area contributed by atoms with E-state index in [4.69, 9.17) is 4.74 Å². The van der Waals surface area contributed by atoms with Gasteiger partial charge in [-0.05, 0) is 32.0 Å². The Morgan fingerprint density at radius 3 is 2.87 bits per heavy atom. The monoisotopic (exact) mass is 274 g/mol. The second-order valence-electron chi connectivity index (χ2n) is 3.09. The van der Waals surface area contributed by atoms with Crippen molar-refractivity contribution in [3.63, 3.8) is 0 Å². The maximum atomic E-state index is 13.3. The molecule has 0 radical (unpaired) electrons. The van der Waals surface area contributed by atoms with Crippen LogP contribution in [0, 0.1) is 5.82 Å². The van der Waals surface area contributed by atoms with E-state index in [-0.39, 0.29) is 11.3 Å². The van der Waals surface area contributed by atoms with Crippen LogP contribution >= 0.6 is 15.9 Å². The molecule has 1 unspecified atom stereocenters. The molecule has 0 N–H and O–H groups in total. The summed E-state index contributed by atoms with van der Waals surface area (Å²) in [6.07, 6.45) is -0.612. The molecule has 0 saturated carbocycles. The number of carbonyl (C=O) groups excluding carboxylic acids is 1. The predicted octanol–water partition coefficient (Wildman–Crippen LogP) is 3.20. The lowest BCUT2D eigenvalue weighted by molar-refractivity contribution is 0.0517. The van der Waals surface area contributed by atoms with Crippen molar-refractivity contribution < 1.29 is 13.9 Å². The second-order valence-corrected chi connectivity index (χ2v) is 4.00. The summed E-state index contributed by atoms with van der Waals surface area (Å²) in [4.78, 5) is 11.7. The van der Waals surface area contributed by atoms with Gasteiger partial charge < -0.3 is 4.74 Å². The van der Waals surface area contributed by atoms with Crippen LogP contribution in [0.4, 0.5) is 4.39 Å². The Kier molecular flexibility index (Phi) is 4.42. The van der Waals surface area contributed by atoms with E-state index in [2.05, 4.69) is 15.9 Å². The van der Waals surface area contributed by atoms with E-state index in [1.54, 1.807) is 19.9 Å². The third kappa shape index (κ3) is 3.11. The molecule has 0 aliphatic rings. The Morgan fingerprint density at radius 2 is 2.27 bits per heavy atom. The third-order valence-electron chi connectivity index (χ3n) is 1.98. The van der Waals surface area contributed by atoms with Crippen LogP contribution in [0.2, 0.25) is 0 Å². The van der Waals surface area contributed by atoms with Crippen LogP contribution in [-0.2, 0) is 4.74 Å². The molecule has 2 nitrogen and oxygen atoms in total. The van der Waals surface area contributed by atoms with Crippen molar-refractivity contribution in [3.05, 3.63) is 34.1 Å². The average Bonchev–Trinajstić information content (AvgIpc) is 2.21. The molecule has 4 heteroatoms. The van der Waals surface area contributed by atoms with Gasteiger partial charge >= 0.3 is 0 Å². The molecule has 15 heavy (non-hydrogen) atoms. The smallest absolute Gasteiger partial charge is 0.194 e. The van der Waals surface area contributed by atoms with Crippen molar-refractivity contribution in [2.24, 2.45) is 0 Å². The summed E-state index contributed by atoms with van der Waals surface area (Å²) in [6, 6.07) is 4.28. The largest absolute Gasteiger partial charge is 0.371 e. The Balaban J connectivity index is 2.95. The summed E-state index contributed by atoms with van der Waals surface area (Å²) in [5.74, 6) is -0.856. The Bertz CT molecular complexity index is 366.